The molecule has 1 saturated heterocycles. The number of pyridine rings is 1. The molecular weight excluding hydrogens is 278 g/mol. The molecule has 5 heteroatoms. The van der Waals surface area contributed by atoms with E-state index in [2.05, 4.69) is 15.3 Å². The second-order valence-electron chi connectivity index (χ2n) is 5.63. The number of H-pyrrole nitrogens is 1. The van der Waals surface area contributed by atoms with Crippen LogP contribution in [0.2, 0.25) is 0 Å². The van der Waals surface area contributed by atoms with E-state index in [1.54, 1.807) is 6.20 Å². The largest absolute Gasteiger partial charge is 0.376 e. The maximum absolute atomic E-state index is 12.3. The molecule has 3 aromatic rings. The summed E-state index contributed by atoms with van der Waals surface area (Å²) in [5.41, 5.74) is 2.43. The van der Waals surface area contributed by atoms with E-state index in [0.717, 1.165) is 41.3 Å². The molecular formula is C17H17N3O2. The molecule has 1 aromatic carbocycles. The lowest BCUT2D eigenvalue weighted by Gasteiger charge is -2.10. The van der Waals surface area contributed by atoms with E-state index in [4.69, 9.17) is 4.74 Å². The van der Waals surface area contributed by atoms with Gasteiger partial charge in [-0.2, -0.15) is 0 Å². The minimum Gasteiger partial charge on any atom is -0.376 e. The average Bonchev–Trinajstić information content (AvgIpc) is 3.19. The second kappa shape index (κ2) is 5.42. The van der Waals surface area contributed by atoms with Gasteiger partial charge in [0, 0.05) is 29.4 Å². The van der Waals surface area contributed by atoms with Crippen molar-refractivity contribution >= 4 is 27.7 Å². The van der Waals surface area contributed by atoms with E-state index in [-0.39, 0.29) is 12.0 Å². The van der Waals surface area contributed by atoms with Gasteiger partial charge < -0.3 is 15.0 Å². The highest BCUT2D eigenvalue weighted by atomic mass is 16.5. The molecule has 1 aliphatic heterocycles. The number of aromatic amines is 1. The number of para-hydroxylation sites is 1. The number of nitrogens with one attached hydrogen (secondary N) is 2. The summed E-state index contributed by atoms with van der Waals surface area (Å²) in [4.78, 5) is 19.8. The lowest BCUT2D eigenvalue weighted by molar-refractivity contribution is 0.0854. The first-order valence-corrected chi connectivity index (χ1v) is 7.57. The van der Waals surface area contributed by atoms with Crippen molar-refractivity contribution in [2.75, 3.05) is 13.2 Å². The van der Waals surface area contributed by atoms with Crippen molar-refractivity contribution in [3.63, 3.8) is 0 Å². The number of ether oxygens (including phenoxy) is 1. The molecule has 1 amide bonds. The number of rotatable bonds is 3. The number of amides is 1. The van der Waals surface area contributed by atoms with Crippen molar-refractivity contribution in [3.8, 4) is 0 Å². The quantitative estimate of drug-likeness (QED) is 0.780. The van der Waals surface area contributed by atoms with E-state index in [9.17, 15) is 4.79 Å². The van der Waals surface area contributed by atoms with Gasteiger partial charge in [-0.15, -0.1) is 0 Å². The Labute approximate surface area is 127 Å². The SMILES string of the molecule is O=C(NCC1CCCO1)c1cc2c(cn1)[nH]c1ccccc12. The first kappa shape index (κ1) is 13.3. The molecule has 0 saturated carbocycles. The summed E-state index contributed by atoms with van der Waals surface area (Å²) in [6, 6.07) is 9.89. The Balaban J connectivity index is 1.60. The van der Waals surface area contributed by atoms with Gasteiger partial charge in [-0.05, 0) is 25.0 Å². The van der Waals surface area contributed by atoms with Crippen LogP contribution < -0.4 is 5.32 Å². The van der Waals surface area contributed by atoms with Crippen LogP contribution in [-0.2, 0) is 4.74 Å². The molecule has 0 spiro atoms. The Bertz CT molecular complexity index is 834. The number of hydrogen-bond donors (Lipinski definition) is 2. The highest BCUT2D eigenvalue weighted by Crippen LogP contribution is 2.24. The lowest BCUT2D eigenvalue weighted by Crippen LogP contribution is -2.32. The van der Waals surface area contributed by atoms with Gasteiger partial charge in [0.2, 0.25) is 0 Å². The Kier molecular flexibility index (Phi) is 3.27. The zero-order valence-corrected chi connectivity index (χ0v) is 12.1. The van der Waals surface area contributed by atoms with E-state index in [1.807, 2.05) is 30.3 Å². The summed E-state index contributed by atoms with van der Waals surface area (Å²) in [6.07, 6.45) is 3.94. The van der Waals surface area contributed by atoms with Crippen LogP contribution in [0.5, 0.6) is 0 Å². The zero-order valence-electron chi connectivity index (χ0n) is 12.1. The number of benzene rings is 1. The molecule has 2 N–H and O–H groups in total. The van der Waals surface area contributed by atoms with Gasteiger partial charge in [0.05, 0.1) is 17.8 Å². The summed E-state index contributed by atoms with van der Waals surface area (Å²) in [6.45, 7) is 1.34. The van der Waals surface area contributed by atoms with Crippen LogP contribution in [0.15, 0.2) is 36.5 Å². The van der Waals surface area contributed by atoms with Crippen LogP contribution in [0.25, 0.3) is 21.8 Å². The van der Waals surface area contributed by atoms with Gasteiger partial charge in [0.1, 0.15) is 5.69 Å². The van der Waals surface area contributed by atoms with Crippen molar-refractivity contribution in [1.82, 2.24) is 15.3 Å². The van der Waals surface area contributed by atoms with Crippen molar-refractivity contribution in [2.45, 2.75) is 18.9 Å². The number of aromatic nitrogens is 2. The maximum Gasteiger partial charge on any atom is 0.269 e. The Morgan fingerprint density at radius 1 is 1.32 bits per heavy atom. The fourth-order valence-corrected chi connectivity index (χ4v) is 2.98. The summed E-state index contributed by atoms with van der Waals surface area (Å²) in [5, 5.41) is 5.04. The molecule has 1 unspecified atom stereocenters. The smallest absolute Gasteiger partial charge is 0.269 e. The molecule has 1 fully saturated rings. The third kappa shape index (κ3) is 2.33. The molecule has 0 radical (unpaired) electrons. The molecule has 1 aliphatic rings. The third-order valence-electron chi connectivity index (χ3n) is 4.14. The van der Waals surface area contributed by atoms with Crippen molar-refractivity contribution in [2.24, 2.45) is 0 Å². The van der Waals surface area contributed by atoms with Gasteiger partial charge in [0.15, 0.2) is 0 Å². The number of nitrogens with zero attached hydrogens (tertiary/aromatic N) is 1. The number of fused-ring (bicyclic) bond motifs is 3. The molecule has 1 atom stereocenters. The van der Waals surface area contributed by atoms with Crippen LogP contribution >= 0.6 is 0 Å². The lowest BCUT2D eigenvalue weighted by atomic mass is 10.1. The molecule has 112 valence electrons. The minimum absolute atomic E-state index is 0.140. The van der Waals surface area contributed by atoms with Crippen LogP contribution in [0.3, 0.4) is 0 Å². The fraction of sp³-hybridized carbons (Fsp3) is 0.294. The van der Waals surface area contributed by atoms with Gasteiger partial charge in [-0.1, -0.05) is 18.2 Å². The standard InChI is InChI=1S/C17H17N3O2/c21-17(19-9-11-4-3-7-22-11)15-8-13-12-5-1-2-6-14(12)20-16(13)10-18-15/h1-2,5-6,8,10-11,20H,3-4,7,9H2,(H,19,21). The zero-order chi connectivity index (χ0) is 14.9. The first-order chi connectivity index (χ1) is 10.8. The van der Waals surface area contributed by atoms with E-state index in [0.29, 0.717) is 12.2 Å². The predicted octanol–water partition coefficient (Wildman–Crippen LogP) is 2.62. The average molecular weight is 295 g/mol. The normalized spacial score (nSPS) is 18.1. The summed E-state index contributed by atoms with van der Waals surface area (Å²) < 4.78 is 5.51. The van der Waals surface area contributed by atoms with Gasteiger partial charge >= 0.3 is 0 Å². The van der Waals surface area contributed by atoms with Crippen LogP contribution in [0.4, 0.5) is 0 Å². The van der Waals surface area contributed by atoms with E-state index in [1.165, 1.54) is 0 Å². The topological polar surface area (TPSA) is 67.0 Å². The van der Waals surface area contributed by atoms with Crippen molar-refractivity contribution < 1.29 is 9.53 Å². The minimum atomic E-state index is -0.150. The summed E-state index contributed by atoms with van der Waals surface area (Å²) >= 11 is 0. The summed E-state index contributed by atoms with van der Waals surface area (Å²) in [7, 11) is 0. The monoisotopic (exact) mass is 295 g/mol. The molecule has 2 aromatic heterocycles. The molecule has 3 heterocycles. The van der Waals surface area contributed by atoms with Crippen LogP contribution in [-0.4, -0.2) is 35.1 Å². The van der Waals surface area contributed by atoms with Gasteiger partial charge in [-0.3, -0.25) is 4.79 Å². The molecule has 0 aliphatic carbocycles. The highest BCUT2D eigenvalue weighted by Gasteiger charge is 2.17. The highest BCUT2D eigenvalue weighted by molar-refractivity contribution is 6.09. The Morgan fingerprint density at radius 2 is 2.23 bits per heavy atom. The molecule has 4 rings (SSSR count). The van der Waals surface area contributed by atoms with Crippen molar-refractivity contribution in [1.29, 1.82) is 0 Å². The van der Waals surface area contributed by atoms with E-state index < -0.39 is 0 Å². The van der Waals surface area contributed by atoms with Crippen LogP contribution in [0, 0.1) is 0 Å². The third-order valence-corrected chi connectivity index (χ3v) is 4.14. The van der Waals surface area contributed by atoms with Gasteiger partial charge in [-0.25, -0.2) is 4.98 Å². The molecule has 22 heavy (non-hydrogen) atoms. The Hall–Kier alpha value is -2.40. The second-order valence-corrected chi connectivity index (χ2v) is 5.63. The number of hydrogen-bond acceptors (Lipinski definition) is 3. The maximum atomic E-state index is 12.3. The van der Waals surface area contributed by atoms with Crippen molar-refractivity contribution in [3.05, 3.63) is 42.2 Å². The number of carbonyl (C=O) groups is 1. The van der Waals surface area contributed by atoms with Crippen LogP contribution in [0.1, 0.15) is 23.3 Å². The molecule has 5 nitrogen and oxygen atoms in total. The fourth-order valence-electron chi connectivity index (χ4n) is 2.98. The van der Waals surface area contributed by atoms with E-state index >= 15 is 0 Å². The Morgan fingerprint density at radius 3 is 3.09 bits per heavy atom. The summed E-state index contributed by atoms with van der Waals surface area (Å²) in [5.74, 6) is -0.150. The first-order valence-electron chi connectivity index (χ1n) is 7.57. The van der Waals surface area contributed by atoms with Gasteiger partial charge in [0.25, 0.3) is 5.91 Å². The number of carbonyl (C=O) groups excluding carboxylic acids is 1. The predicted molar refractivity (Wildman–Crippen MR) is 84.9 cm³/mol. The molecule has 0 bridgehead atoms.